The minimum atomic E-state index is -0.0307. The lowest BCUT2D eigenvalue weighted by molar-refractivity contribution is -0.147. The standard InChI is InChI=1S/C8H15NO2/c1-3-11-8(10)7-4-5-9(2)6-7/h7H,3-6H2,1-2H3. The first kappa shape index (κ1) is 8.53. The zero-order valence-corrected chi connectivity index (χ0v) is 7.17. The summed E-state index contributed by atoms with van der Waals surface area (Å²) in [5.41, 5.74) is 0. The van der Waals surface area contributed by atoms with E-state index in [0.29, 0.717) is 6.61 Å². The molecule has 1 aliphatic heterocycles. The minimum absolute atomic E-state index is 0.0307. The zero-order chi connectivity index (χ0) is 8.27. The van der Waals surface area contributed by atoms with Gasteiger partial charge in [-0.15, -0.1) is 0 Å². The molecule has 0 spiro atoms. The summed E-state index contributed by atoms with van der Waals surface area (Å²) in [6.45, 7) is 4.22. The van der Waals surface area contributed by atoms with Crippen LogP contribution in [0.15, 0.2) is 0 Å². The van der Waals surface area contributed by atoms with E-state index >= 15 is 0 Å². The normalized spacial score (nSPS) is 25.5. The van der Waals surface area contributed by atoms with E-state index in [4.69, 9.17) is 4.74 Å². The Morgan fingerprint density at radius 1 is 1.73 bits per heavy atom. The molecular formula is C8H15NO2. The molecule has 0 aromatic rings. The molecule has 0 aliphatic carbocycles. The van der Waals surface area contributed by atoms with E-state index < -0.39 is 0 Å². The maximum atomic E-state index is 11.1. The molecular weight excluding hydrogens is 142 g/mol. The molecule has 11 heavy (non-hydrogen) atoms. The van der Waals surface area contributed by atoms with Crippen molar-refractivity contribution in [3.05, 3.63) is 0 Å². The number of nitrogens with zero attached hydrogens (tertiary/aromatic N) is 1. The van der Waals surface area contributed by atoms with Gasteiger partial charge in [0.05, 0.1) is 12.5 Å². The highest BCUT2D eigenvalue weighted by molar-refractivity contribution is 5.73. The van der Waals surface area contributed by atoms with Gasteiger partial charge in [-0.25, -0.2) is 0 Å². The minimum Gasteiger partial charge on any atom is -0.466 e. The van der Waals surface area contributed by atoms with E-state index in [9.17, 15) is 4.79 Å². The molecule has 0 bridgehead atoms. The van der Waals surface area contributed by atoms with Gasteiger partial charge in [0.2, 0.25) is 0 Å². The predicted molar refractivity (Wildman–Crippen MR) is 42.2 cm³/mol. The van der Waals surface area contributed by atoms with Gasteiger partial charge in [0.25, 0.3) is 0 Å². The maximum absolute atomic E-state index is 11.1. The van der Waals surface area contributed by atoms with Crippen LogP contribution in [-0.2, 0) is 9.53 Å². The summed E-state index contributed by atoms with van der Waals surface area (Å²) in [5, 5.41) is 0. The number of rotatable bonds is 2. The third kappa shape index (κ3) is 2.19. The van der Waals surface area contributed by atoms with E-state index in [2.05, 4.69) is 4.90 Å². The van der Waals surface area contributed by atoms with Crippen LogP contribution in [-0.4, -0.2) is 37.6 Å². The quantitative estimate of drug-likeness (QED) is 0.547. The second-order valence-corrected chi connectivity index (χ2v) is 3.00. The second kappa shape index (κ2) is 3.72. The molecule has 1 aliphatic rings. The fraction of sp³-hybridized carbons (Fsp3) is 0.875. The topological polar surface area (TPSA) is 29.5 Å². The Morgan fingerprint density at radius 3 is 2.91 bits per heavy atom. The Balaban J connectivity index is 2.31. The molecule has 64 valence electrons. The van der Waals surface area contributed by atoms with Crippen LogP contribution in [0.4, 0.5) is 0 Å². The van der Waals surface area contributed by atoms with Gasteiger partial charge in [-0.05, 0) is 26.9 Å². The number of likely N-dealkylation sites (tertiary alicyclic amines) is 1. The average molecular weight is 157 g/mol. The molecule has 1 atom stereocenters. The van der Waals surface area contributed by atoms with Gasteiger partial charge in [0, 0.05) is 6.54 Å². The number of carbonyl (C=O) groups excluding carboxylic acids is 1. The maximum Gasteiger partial charge on any atom is 0.310 e. The van der Waals surface area contributed by atoms with Gasteiger partial charge < -0.3 is 9.64 Å². The molecule has 1 heterocycles. The summed E-state index contributed by atoms with van der Waals surface area (Å²) in [5.74, 6) is 0.0943. The van der Waals surface area contributed by atoms with Gasteiger partial charge in [-0.1, -0.05) is 0 Å². The number of hydrogen-bond donors (Lipinski definition) is 0. The summed E-state index contributed by atoms with van der Waals surface area (Å²) in [6, 6.07) is 0. The van der Waals surface area contributed by atoms with Crippen LogP contribution in [0.25, 0.3) is 0 Å². The van der Waals surface area contributed by atoms with Gasteiger partial charge in [0.15, 0.2) is 0 Å². The first-order chi connectivity index (χ1) is 5.24. The zero-order valence-electron chi connectivity index (χ0n) is 7.17. The number of ether oxygens (including phenoxy) is 1. The van der Waals surface area contributed by atoms with E-state index in [-0.39, 0.29) is 11.9 Å². The van der Waals surface area contributed by atoms with Crippen molar-refractivity contribution in [2.45, 2.75) is 13.3 Å². The molecule has 0 amide bonds. The highest BCUT2D eigenvalue weighted by Gasteiger charge is 2.26. The van der Waals surface area contributed by atoms with Crippen molar-refractivity contribution in [3.8, 4) is 0 Å². The van der Waals surface area contributed by atoms with Crippen molar-refractivity contribution in [1.29, 1.82) is 0 Å². The Hall–Kier alpha value is -0.570. The number of carbonyl (C=O) groups is 1. The second-order valence-electron chi connectivity index (χ2n) is 3.00. The third-order valence-electron chi connectivity index (χ3n) is 2.01. The summed E-state index contributed by atoms with van der Waals surface area (Å²) >= 11 is 0. The van der Waals surface area contributed by atoms with Gasteiger partial charge >= 0.3 is 5.97 Å². The fourth-order valence-corrected chi connectivity index (χ4v) is 1.39. The first-order valence-corrected chi connectivity index (χ1v) is 4.09. The molecule has 0 aromatic heterocycles. The molecule has 0 aromatic carbocycles. The van der Waals surface area contributed by atoms with Gasteiger partial charge in [-0.3, -0.25) is 4.79 Å². The summed E-state index contributed by atoms with van der Waals surface area (Å²) in [7, 11) is 2.03. The van der Waals surface area contributed by atoms with Crippen molar-refractivity contribution in [3.63, 3.8) is 0 Å². The Kier molecular flexibility index (Phi) is 2.88. The molecule has 1 fully saturated rings. The lowest BCUT2D eigenvalue weighted by atomic mass is 10.1. The Morgan fingerprint density at radius 2 is 2.45 bits per heavy atom. The number of hydrogen-bond acceptors (Lipinski definition) is 3. The van der Waals surface area contributed by atoms with Crippen LogP contribution < -0.4 is 0 Å². The van der Waals surface area contributed by atoms with Crippen molar-refractivity contribution >= 4 is 5.97 Å². The summed E-state index contributed by atoms with van der Waals surface area (Å²) in [6.07, 6.45) is 0.954. The molecule has 0 N–H and O–H groups in total. The van der Waals surface area contributed by atoms with Crippen LogP contribution >= 0.6 is 0 Å². The Bertz CT molecular complexity index is 147. The van der Waals surface area contributed by atoms with Gasteiger partial charge in [0.1, 0.15) is 0 Å². The summed E-state index contributed by atoms with van der Waals surface area (Å²) in [4.78, 5) is 13.3. The SMILES string of the molecule is CCOC(=O)C1CCN(C)C1. The smallest absolute Gasteiger partial charge is 0.310 e. The van der Waals surface area contributed by atoms with Crippen LogP contribution in [0, 0.1) is 5.92 Å². The van der Waals surface area contributed by atoms with Crippen molar-refractivity contribution in [2.75, 3.05) is 26.7 Å². The molecule has 1 unspecified atom stereocenters. The van der Waals surface area contributed by atoms with Gasteiger partial charge in [-0.2, -0.15) is 0 Å². The van der Waals surface area contributed by atoms with E-state index in [1.165, 1.54) is 0 Å². The van der Waals surface area contributed by atoms with E-state index in [1.54, 1.807) is 0 Å². The lowest BCUT2D eigenvalue weighted by Gasteiger charge is -2.08. The van der Waals surface area contributed by atoms with E-state index in [0.717, 1.165) is 19.5 Å². The molecule has 1 saturated heterocycles. The lowest BCUT2D eigenvalue weighted by Crippen LogP contribution is -2.21. The molecule has 0 radical (unpaired) electrons. The third-order valence-corrected chi connectivity index (χ3v) is 2.01. The monoisotopic (exact) mass is 157 g/mol. The van der Waals surface area contributed by atoms with Crippen LogP contribution in [0.5, 0.6) is 0 Å². The highest BCUT2D eigenvalue weighted by atomic mass is 16.5. The van der Waals surface area contributed by atoms with Crippen LogP contribution in [0.3, 0.4) is 0 Å². The van der Waals surface area contributed by atoms with Crippen molar-refractivity contribution in [2.24, 2.45) is 5.92 Å². The summed E-state index contributed by atoms with van der Waals surface area (Å²) < 4.78 is 4.91. The molecule has 0 saturated carbocycles. The molecule has 3 nitrogen and oxygen atoms in total. The average Bonchev–Trinajstić information content (AvgIpc) is 2.36. The molecule has 3 heteroatoms. The van der Waals surface area contributed by atoms with Crippen LogP contribution in [0.1, 0.15) is 13.3 Å². The molecule has 1 rings (SSSR count). The fourth-order valence-electron chi connectivity index (χ4n) is 1.39. The van der Waals surface area contributed by atoms with Crippen LogP contribution in [0.2, 0.25) is 0 Å². The van der Waals surface area contributed by atoms with E-state index in [1.807, 2.05) is 14.0 Å². The van der Waals surface area contributed by atoms with Crippen molar-refractivity contribution < 1.29 is 9.53 Å². The predicted octanol–water partition coefficient (Wildman–Crippen LogP) is 0.501. The number of esters is 1. The largest absolute Gasteiger partial charge is 0.466 e. The highest BCUT2D eigenvalue weighted by Crippen LogP contribution is 2.15. The Labute approximate surface area is 67.3 Å². The first-order valence-electron chi connectivity index (χ1n) is 4.09. The van der Waals surface area contributed by atoms with Crippen molar-refractivity contribution in [1.82, 2.24) is 4.90 Å².